The summed E-state index contributed by atoms with van der Waals surface area (Å²) < 4.78 is 0. The highest BCUT2D eigenvalue weighted by Crippen LogP contribution is 2.16. The maximum absolute atomic E-state index is 5.44. The Morgan fingerprint density at radius 2 is 2.45 bits per heavy atom. The van der Waals surface area contributed by atoms with Gasteiger partial charge in [-0.1, -0.05) is 13.8 Å². The van der Waals surface area contributed by atoms with E-state index >= 15 is 0 Å². The Balaban J connectivity index is 2.39. The average molecular weight is 171 g/mol. The lowest BCUT2D eigenvalue weighted by Gasteiger charge is -2.03. The van der Waals surface area contributed by atoms with Gasteiger partial charge in [-0.25, -0.2) is 4.98 Å². The molecule has 0 aromatic carbocycles. The highest BCUT2D eigenvalue weighted by atomic mass is 32.1. The molecule has 0 fully saturated rings. The van der Waals surface area contributed by atoms with Gasteiger partial charge in [0.25, 0.3) is 0 Å². The van der Waals surface area contributed by atoms with E-state index in [0.717, 1.165) is 11.7 Å². The van der Waals surface area contributed by atoms with E-state index in [1.54, 1.807) is 11.3 Å². The van der Waals surface area contributed by atoms with Crippen molar-refractivity contribution >= 4 is 22.3 Å². The molecule has 1 aromatic rings. The zero-order valence-corrected chi connectivity index (χ0v) is 7.61. The lowest BCUT2D eigenvalue weighted by atomic mass is 10.2. The zero-order valence-electron chi connectivity index (χ0n) is 6.79. The summed E-state index contributed by atoms with van der Waals surface area (Å²) >= 11 is 1.54. The van der Waals surface area contributed by atoms with Crippen molar-refractivity contribution in [1.29, 1.82) is 0 Å². The smallest absolute Gasteiger partial charge is 0.184 e. The number of rotatable bonds is 3. The summed E-state index contributed by atoms with van der Waals surface area (Å²) in [6, 6.07) is 0. The Hall–Kier alpha value is -0.770. The summed E-state index contributed by atoms with van der Waals surface area (Å²) in [7, 11) is 0. The molecule has 0 unspecified atom stereocenters. The van der Waals surface area contributed by atoms with Crippen molar-refractivity contribution in [3.8, 4) is 0 Å². The molecule has 0 aliphatic heterocycles. The van der Waals surface area contributed by atoms with Crippen LogP contribution in [0.25, 0.3) is 0 Å². The molecule has 0 spiro atoms. The Bertz CT molecular complexity index is 219. The van der Waals surface area contributed by atoms with Gasteiger partial charge in [0, 0.05) is 11.9 Å². The standard InChI is InChI=1S/C7H13N3S/c1-5(2)3-9-7-10-6(8)4-11-7/h4-5H,3,8H2,1-2H3,(H,9,10). The summed E-state index contributed by atoms with van der Waals surface area (Å²) in [5.74, 6) is 1.24. The van der Waals surface area contributed by atoms with Crippen molar-refractivity contribution in [2.75, 3.05) is 17.6 Å². The lowest BCUT2D eigenvalue weighted by Crippen LogP contribution is -2.07. The molecule has 0 atom stereocenters. The average Bonchev–Trinajstić information content (AvgIpc) is 2.31. The number of nitrogens with two attached hydrogens (primary N) is 1. The summed E-state index contributed by atoms with van der Waals surface area (Å²) in [6.45, 7) is 5.26. The predicted molar refractivity (Wildman–Crippen MR) is 49.9 cm³/mol. The number of nitrogen functional groups attached to an aromatic ring is 1. The van der Waals surface area contributed by atoms with Gasteiger partial charge in [0.1, 0.15) is 5.82 Å². The van der Waals surface area contributed by atoms with Gasteiger partial charge in [0.05, 0.1) is 0 Å². The van der Waals surface area contributed by atoms with Crippen molar-refractivity contribution in [3.63, 3.8) is 0 Å². The summed E-state index contributed by atoms with van der Waals surface area (Å²) in [5, 5.41) is 5.94. The quantitative estimate of drug-likeness (QED) is 0.729. The van der Waals surface area contributed by atoms with Gasteiger partial charge in [-0.05, 0) is 5.92 Å². The first kappa shape index (κ1) is 8.33. The molecule has 62 valence electrons. The van der Waals surface area contributed by atoms with E-state index in [4.69, 9.17) is 5.73 Å². The molecule has 4 heteroatoms. The van der Waals surface area contributed by atoms with Crippen molar-refractivity contribution in [2.24, 2.45) is 5.92 Å². The third-order valence-electron chi connectivity index (χ3n) is 1.18. The van der Waals surface area contributed by atoms with Crippen LogP contribution in [0, 0.1) is 5.92 Å². The van der Waals surface area contributed by atoms with Gasteiger partial charge in [-0.3, -0.25) is 0 Å². The molecule has 0 bridgehead atoms. The van der Waals surface area contributed by atoms with Crippen LogP contribution >= 0.6 is 11.3 Å². The predicted octanol–water partition coefficient (Wildman–Crippen LogP) is 1.79. The third kappa shape index (κ3) is 2.76. The summed E-state index contributed by atoms with van der Waals surface area (Å²) in [6.07, 6.45) is 0. The molecule has 3 nitrogen and oxygen atoms in total. The van der Waals surface area contributed by atoms with Crippen molar-refractivity contribution < 1.29 is 0 Å². The number of hydrogen-bond acceptors (Lipinski definition) is 4. The van der Waals surface area contributed by atoms with Crippen molar-refractivity contribution in [2.45, 2.75) is 13.8 Å². The molecule has 0 saturated carbocycles. The first-order valence-electron chi connectivity index (χ1n) is 3.63. The number of hydrogen-bond donors (Lipinski definition) is 2. The fourth-order valence-corrected chi connectivity index (χ4v) is 1.27. The molecule has 1 rings (SSSR count). The Labute approximate surface area is 70.6 Å². The molecular weight excluding hydrogens is 158 g/mol. The van der Waals surface area contributed by atoms with E-state index in [1.165, 1.54) is 0 Å². The van der Waals surface area contributed by atoms with Gasteiger partial charge in [-0.15, -0.1) is 11.3 Å². The van der Waals surface area contributed by atoms with E-state index in [1.807, 2.05) is 5.38 Å². The van der Waals surface area contributed by atoms with Gasteiger partial charge >= 0.3 is 0 Å². The largest absolute Gasteiger partial charge is 0.383 e. The van der Waals surface area contributed by atoms with Crippen LogP contribution in [0.2, 0.25) is 0 Å². The molecule has 0 aliphatic rings. The molecule has 11 heavy (non-hydrogen) atoms. The van der Waals surface area contributed by atoms with Crippen LogP contribution < -0.4 is 11.1 Å². The van der Waals surface area contributed by atoms with E-state index in [2.05, 4.69) is 24.1 Å². The number of thiazole rings is 1. The monoisotopic (exact) mass is 171 g/mol. The molecule has 1 aromatic heterocycles. The summed E-state index contributed by atoms with van der Waals surface area (Å²) in [4.78, 5) is 4.07. The highest BCUT2D eigenvalue weighted by Gasteiger charge is 1.98. The maximum atomic E-state index is 5.44. The molecule has 0 radical (unpaired) electrons. The number of anilines is 2. The van der Waals surface area contributed by atoms with Crippen LogP contribution in [0.15, 0.2) is 5.38 Å². The van der Waals surface area contributed by atoms with Crippen LogP contribution in [-0.4, -0.2) is 11.5 Å². The van der Waals surface area contributed by atoms with Crippen LogP contribution in [0.5, 0.6) is 0 Å². The second-order valence-electron chi connectivity index (χ2n) is 2.85. The van der Waals surface area contributed by atoms with Gasteiger partial charge in [0.2, 0.25) is 0 Å². The lowest BCUT2D eigenvalue weighted by molar-refractivity contribution is 0.688. The molecule has 0 amide bonds. The Morgan fingerprint density at radius 1 is 1.73 bits per heavy atom. The minimum atomic E-state index is 0.598. The Kier molecular flexibility index (Phi) is 2.70. The van der Waals surface area contributed by atoms with Crippen molar-refractivity contribution in [1.82, 2.24) is 4.98 Å². The van der Waals surface area contributed by atoms with Crippen LogP contribution in [-0.2, 0) is 0 Å². The van der Waals surface area contributed by atoms with Crippen LogP contribution in [0.1, 0.15) is 13.8 Å². The van der Waals surface area contributed by atoms with Gasteiger partial charge in [0.15, 0.2) is 5.13 Å². The van der Waals surface area contributed by atoms with Crippen molar-refractivity contribution in [3.05, 3.63) is 5.38 Å². The fourth-order valence-electron chi connectivity index (χ4n) is 0.659. The number of aromatic nitrogens is 1. The normalized spacial score (nSPS) is 10.5. The van der Waals surface area contributed by atoms with Crippen LogP contribution in [0.3, 0.4) is 0 Å². The maximum Gasteiger partial charge on any atom is 0.184 e. The van der Waals surface area contributed by atoms with E-state index in [9.17, 15) is 0 Å². The molecule has 0 saturated heterocycles. The molecule has 0 aliphatic carbocycles. The first-order valence-corrected chi connectivity index (χ1v) is 4.51. The minimum absolute atomic E-state index is 0.598. The van der Waals surface area contributed by atoms with E-state index in [0.29, 0.717) is 11.7 Å². The SMILES string of the molecule is CC(C)CNc1nc(N)cs1. The van der Waals surface area contributed by atoms with E-state index < -0.39 is 0 Å². The highest BCUT2D eigenvalue weighted by molar-refractivity contribution is 7.14. The zero-order chi connectivity index (χ0) is 8.27. The van der Waals surface area contributed by atoms with Gasteiger partial charge < -0.3 is 11.1 Å². The van der Waals surface area contributed by atoms with Crippen LogP contribution in [0.4, 0.5) is 10.9 Å². The number of nitrogens with zero attached hydrogens (tertiary/aromatic N) is 1. The molecule has 3 N–H and O–H groups in total. The van der Waals surface area contributed by atoms with Gasteiger partial charge in [-0.2, -0.15) is 0 Å². The third-order valence-corrected chi connectivity index (χ3v) is 2.00. The Morgan fingerprint density at radius 3 is 2.91 bits per heavy atom. The van der Waals surface area contributed by atoms with E-state index in [-0.39, 0.29) is 0 Å². The second-order valence-corrected chi connectivity index (χ2v) is 3.71. The number of nitrogens with one attached hydrogen (secondary N) is 1. The topological polar surface area (TPSA) is 50.9 Å². The summed E-state index contributed by atoms with van der Waals surface area (Å²) in [5.41, 5.74) is 5.44. The minimum Gasteiger partial charge on any atom is -0.383 e. The molecule has 1 heterocycles. The second kappa shape index (κ2) is 3.57. The molecular formula is C7H13N3S. The fraction of sp³-hybridized carbons (Fsp3) is 0.571. The first-order chi connectivity index (χ1) is 5.18.